The number of carbonyl (C=O) groups is 2. The van der Waals surface area contributed by atoms with Gasteiger partial charge in [0.2, 0.25) is 5.91 Å². The van der Waals surface area contributed by atoms with Gasteiger partial charge in [-0.3, -0.25) is 9.59 Å². The van der Waals surface area contributed by atoms with Crippen molar-refractivity contribution in [2.75, 3.05) is 20.2 Å². The Morgan fingerprint density at radius 1 is 1.50 bits per heavy atom. The third kappa shape index (κ3) is 3.62. The molecular weight excluding hydrogens is 287 g/mol. The van der Waals surface area contributed by atoms with Gasteiger partial charge < -0.3 is 15.0 Å². The van der Waals surface area contributed by atoms with Crippen LogP contribution >= 0.6 is 0 Å². The number of hydrogen-bond donors (Lipinski definition) is 1. The Bertz CT molecular complexity index is 550. The van der Waals surface area contributed by atoms with E-state index in [-0.39, 0.29) is 18.4 Å². The van der Waals surface area contributed by atoms with Gasteiger partial charge in [0.05, 0.1) is 6.04 Å². The normalized spacial score (nSPS) is 21.8. The molecule has 2 amide bonds. The molecule has 2 atom stereocenters. The van der Waals surface area contributed by atoms with Gasteiger partial charge in [0.1, 0.15) is 12.4 Å². The van der Waals surface area contributed by atoms with E-state index in [1.165, 1.54) is 17.0 Å². The molecule has 0 aromatic heterocycles. The highest BCUT2D eigenvalue weighted by molar-refractivity contribution is 5.86. The molecule has 0 bridgehead atoms. The second-order valence-electron chi connectivity index (χ2n) is 5.38. The van der Waals surface area contributed by atoms with E-state index in [4.69, 9.17) is 4.74 Å². The zero-order valence-corrected chi connectivity index (χ0v) is 12.8. The Morgan fingerprint density at radius 2 is 2.27 bits per heavy atom. The van der Waals surface area contributed by atoms with E-state index >= 15 is 0 Å². The summed E-state index contributed by atoms with van der Waals surface area (Å²) in [5.74, 6) is -0.914. The fourth-order valence-corrected chi connectivity index (χ4v) is 2.51. The topological polar surface area (TPSA) is 58.6 Å². The second kappa shape index (κ2) is 7.35. The summed E-state index contributed by atoms with van der Waals surface area (Å²) in [5.41, 5.74) is 0.547. The summed E-state index contributed by atoms with van der Waals surface area (Å²) in [4.78, 5) is 25.6. The third-order valence-electron chi connectivity index (χ3n) is 3.76. The second-order valence-corrected chi connectivity index (χ2v) is 5.38. The van der Waals surface area contributed by atoms with Crippen LogP contribution in [0.15, 0.2) is 24.3 Å². The van der Waals surface area contributed by atoms with Gasteiger partial charge in [-0.1, -0.05) is 25.5 Å². The Balaban J connectivity index is 2.22. The number of carbonyl (C=O) groups excluding carboxylic acids is 2. The van der Waals surface area contributed by atoms with Crippen LogP contribution in [0.3, 0.4) is 0 Å². The molecule has 1 fully saturated rings. The first kappa shape index (κ1) is 16.4. The fraction of sp³-hybridized carbons (Fsp3) is 0.500. The van der Waals surface area contributed by atoms with E-state index in [9.17, 15) is 14.0 Å². The molecule has 120 valence electrons. The highest BCUT2D eigenvalue weighted by atomic mass is 19.1. The predicted octanol–water partition coefficient (Wildman–Crippen LogP) is 1.64. The van der Waals surface area contributed by atoms with Crippen LogP contribution in [0.1, 0.15) is 31.4 Å². The van der Waals surface area contributed by atoms with Gasteiger partial charge in [-0.25, -0.2) is 4.39 Å². The predicted molar refractivity (Wildman–Crippen MR) is 79.6 cm³/mol. The van der Waals surface area contributed by atoms with Gasteiger partial charge >= 0.3 is 0 Å². The number of nitrogens with zero attached hydrogens (tertiary/aromatic N) is 1. The van der Waals surface area contributed by atoms with E-state index in [1.807, 2.05) is 6.92 Å². The number of halogens is 1. The Kier molecular flexibility index (Phi) is 5.49. The van der Waals surface area contributed by atoms with E-state index in [0.29, 0.717) is 12.1 Å². The van der Waals surface area contributed by atoms with Crippen molar-refractivity contribution in [3.8, 4) is 0 Å². The molecule has 22 heavy (non-hydrogen) atoms. The first-order valence-electron chi connectivity index (χ1n) is 7.45. The molecule has 2 rings (SSSR count). The van der Waals surface area contributed by atoms with E-state index in [2.05, 4.69) is 5.32 Å². The van der Waals surface area contributed by atoms with Crippen molar-refractivity contribution in [3.63, 3.8) is 0 Å². The van der Waals surface area contributed by atoms with E-state index in [0.717, 1.165) is 12.8 Å². The molecule has 1 saturated heterocycles. The molecular formula is C16H21FN2O3. The quantitative estimate of drug-likeness (QED) is 0.841. The van der Waals surface area contributed by atoms with Crippen LogP contribution in [0.25, 0.3) is 0 Å². The minimum atomic E-state index is -0.832. The first-order chi connectivity index (χ1) is 10.5. The van der Waals surface area contributed by atoms with Crippen LogP contribution in [0.4, 0.5) is 4.39 Å². The molecule has 0 unspecified atom stereocenters. The lowest BCUT2D eigenvalue weighted by Crippen LogP contribution is -2.53. The lowest BCUT2D eigenvalue weighted by molar-refractivity contribution is -0.162. The fourth-order valence-electron chi connectivity index (χ4n) is 2.51. The number of morpholine rings is 1. The molecule has 1 aliphatic heterocycles. The molecule has 1 aliphatic rings. The Hall–Kier alpha value is -1.95. The molecule has 1 N–H and O–H groups in total. The summed E-state index contributed by atoms with van der Waals surface area (Å²) >= 11 is 0. The lowest BCUT2D eigenvalue weighted by atomic mass is 9.97. The van der Waals surface area contributed by atoms with Gasteiger partial charge in [-0.15, -0.1) is 0 Å². The maximum Gasteiger partial charge on any atom is 0.251 e. The van der Waals surface area contributed by atoms with Crippen molar-refractivity contribution in [2.45, 2.75) is 31.9 Å². The van der Waals surface area contributed by atoms with Gasteiger partial charge in [-0.2, -0.15) is 0 Å². The van der Waals surface area contributed by atoms with Gasteiger partial charge in [0.15, 0.2) is 6.10 Å². The van der Waals surface area contributed by atoms with E-state index in [1.54, 1.807) is 19.2 Å². The molecule has 0 saturated carbocycles. The summed E-state index contributed by atoms with van der Waals surface area (Å²) in [5, 5.41) is 2.81. The number of benzene rings is 1. The SMILES string of the molecule is CCCCNC(=O)[C@H]1OCC(=O)N(C)[C@H]1c1cccc(F)c1. The number of rotatable bonds is 5. The van der Waals surface area contributed by atoms with Crippen molar-refractivity contribution < 1.29 is 18.7 Å². The number of amides is 2. The van der Waals surface area contributed by atoms with Crippen LogP contribution in [0.2, 0.25) is 0 Å². The molecule has 0 spiro atoms. The average molecular weight is 308 g/mol. The van der Waals surface area contributed by atoms with Crippen LogP contribution in [-0.4, -0.2) is 43.0 Å². The van der Waals surface area contributed by atoms with Crippen molar-refractivity contribution in [2.24, 2.45) is 0 Å². The number of likely N-dealkylation sites (N-methyl/N-ethyl adjacent to an activating group) is 1. The van der Waals surface area contributed by atoms with Gasteiger partial charge in [-0.05, 0) is 24.1 Å². The third-order valence-corrected chi connectivity index (χ3v) is 3.76. The van der Waals surface area contributed by atoms with Crippen LogP contribution in [0.5, 0.6) is 0 Å². The number of nitrogens with one attached hydrogen (secondary N) is 1. The van der Waals surface area contributed by atoms with Crippen molar-refractivity contribution >= 4 is 11.8 Å². The van der Waals surface area contributed by atoms with Crippen molar-refractivity contribution in [1.29, 1.82) is 0 Å². The maximum absolute atomic E-state index is 13.5. The largest absolute Gasteiger partial charge is 0.356 e. The summed E-state index contributed by atoms with van der Waals surface area (Å²) in [6, 6.07) is 5.28. The lowest BCUT2D eigenvalue weighted by Gasteiger charge is -2.38. The smallest absolute Gasteiger partial charge is 0.251 e. The number of unbranched alkanes of at least 4 members (excludes halogenated alkanes) is 1. The standard InChI is InChI=1S/C16H21FN2O3/c1-3-4-8-18-16(21)15-14(19(2)13(20)10-22-15)11-6-5-7-12(17)9-11/h5-7,9,14-15H,3-4,8,10H2,1-2H3,(H,18,21)/t14-,15-/m0/s1. The molecule has 1 aromatic rings. The number of ether oxygens (including phenoxy) is 1. The molecule has 0 aliphatic carbocycles. The zero-order valence-electron chi connectivity index (χ0n) is 12.8. The monoisotopic (exact) mass is 308 g/mol. The molecule has 5 nitrogen and oxygen atoms in total. The summed E-state index contributed by atoms with van der Waals surface area (Å²) < 4.78 is 18.9. The molecule has 1 aromatic carbocycles. The maximum atomic E-state index is 13.5. The number of hydrogen-bond acceptors (Lipinski definition) is 3. The van der Waals surface area contributed by atoms with Crippen molar-refractivity contribution in [3.05, 3.63) is 35.6 Å². The molecule has 0 radical (unpaired) electrons. The van der Waals surface area contributed by atoms with Crippen LogP contribution in [-0.2, 0) is 14.3 Å². The highest BCUT2D eigenvalue weighted by Gasteiger charge is 2.39. The van der Waals surface area contributed by atoms with E-state index < -0.39 is 18.0 Å². The zero-order chi connectivity index (χ0) is 16.1. The summed E-state index contributed by atoms with van der Waals surface area (Å²) in [7, 11) is 1.60. The Morgan fingerprint density at radius 3 is 2.95 bits per heavy atom. The first-order valence-corrected chi connectivity index (χ1v) is 7.45. The summed E-state index contributed by atoms with van der Waals surface area (Å²) in [6.45, 7) is 2.45. The average Bonchev–Trinajstić information content (AvgIpc) is 2.50. The van der Waals surface area contributed by atoms with Crippen molar-refractivity contribution in [1.82, 2.24) is 10.2 Å². The minimum absolute atomic E-state index is 0.145. The summed E-state index contributed by atoms with van der Waals surface area (Å²) in [6.07, 6.45) is 1.01. The molecule has 1 heterocycles. The Labute approximate surface area is 129 Å². The van der Waals surface area contributed by atoms with Gasteiger partial charge in [0.25, 0.3) is 5.91 Å². The van der Waals surface area contributed by atoms with Crippen LogP contribution in [0, 0.1) is 5.82 Å². The highest BCUT2D eigenvalue weighted by Crippen LogP contribution is 2.29. The van der Waals surface area contributed by atoms with Crippen LogP contribution < -0.4 is 5.32 Å². The minimum Gasteiger partial charge on any atom is -0.356 e. The molecule has 6 heteroatoms. The van der Waals surface area contributed by atoms with Gasteiger partial charge in [0, 0.05) is 13.6 Å².